The first kappa shape index (κ1) is 11.1. The molecule has 1 unspecified atom stereocenters. The van der Waals surface area contributed by atoms with Crippen LogP contribution in [0, 0.1) is 0 Å². The molecule has 0 amide bonds. The topological polar surface area (TPSA) is 12.0 Å². The lowest BCUT2D eigenvalue weighted by atomic mass is 10.0. The number of aryl methyl sites for hydroxylation is 1. The van der Waals surface area contributed by atoms with E-state index in [2.05, 4.69) is 5.32 Å². The first-order chi connectivity index (χ1) is 8.04. The van der Waals surface area contributed by atoms with Gasteiger partial charge in [-0.2, -0.15) is 13.2 Å². The Labute approximate surface area is 98.0 Å². The fraction of sp³-hybridized carbons (Fsp3) is 0.538. The molecule has 1 aromatic carbocycles. The third-order valence-corrected chi connectivity index (χ3v) is 3.56. The van der Waals surface area contributed by atoms with Crippen LogP contribution in [0.4, 0.5) is 13.2 Å². The summed E-state index contributed by atoms with van der Waals surface area (Å²) < 4.78 is 37.7. The molecule has 1 fully saturated rings. The van der Waals surface area contributed by atoms with E-state index in [0.717, 1.165) is 24.0 Å². The van der Waals surface area contributed by atoms with E-state index in [9.17, 15) is 13.2 Å². The van der Waals surface area contributed by atoms with Crippen LogP contribution in [0.25, 0.3) is 0 Å². The highest BCUT2D eigenvalue weighted by molar-refractivity contribution is 5.39. The van der Waals surface area contributed by atoms with E-state index in [0.29, 0.717) is 6.04 Å². The van der Waals surface area contributed by atoms with Crippen molar-refractivity contribution in [3.63, 3.8) is 0 Å². The summed E-state index contributed by atoms with van der Waals surface area (Å²) in [5.41, 5.74) is 1.39. The van der Waals surface area contributed by atoms with Gasteiger partial charge < -0.3 is 5.32 Å². The average molecular weight is 241 g/mol. The molecule has 1 saturated carbocycles. The molecule has 0 heterocycles. The molecule has 1 N–H and O–H groups in total. The molecule has 4 heteroatoms. The molecule has 0 saturated heterocycles. The minimum Gasteiger partial charge on any atom is -0.307 e. The smallest absolute Gasteiger partial charge is 0.307 e. The standard InChI is InChI=1S/C13H14F3N/c14-13(15,16)9-2-5-11-8(7-9)1-6-12(11)17-10-3-4-10/h2,5,7,10,12,17H,1,3-4,6H2. The van der Waals surface area contributed by atoms with Crippen LogP contribution in [-0.2, 0) is 12.6 Å². The zero-order chi connectivity index (χ0) is 12.0. The van der Waals surface area contributed by atoms with E-state index in [4.69, 9.17) is 0 Å². The first-order valence-electron chi connectivity index (χ1n) is 6.00. The predicted molar refractivity (Wildman–Crippen MR) is 58.7 cm³/mol. The average Bonchev–Trinajstić information content (AvgIpc) is 2.98. The molecule has 2 aliphatic rings. The lowest BCUT2D eigenvalue weighted by Crippen LogP contribution is -2.21. The summed E-state index contributed by atoms with van der Waals surface area (Å²) in [5, 5.41) is 3.49. The molecule has 0 aliphatic heterocycles. The third-order valence-electron chi connectivity index (χ3n) is 3.56. The van der Waals surface area contributed by atoms with Gasteiger partial charge in [0.25, 0.3) is 0 Å². The van der Waals surface area contributed by atoms with Crippen molar-refractivity contribution in [2.75, 3.05) is 0 Å². The van der Waals surface area contributed by atoms with Crippen LogP contribution >= 0.6 is 0 Å². The number of fused-ring (bicyclic) bond motifs is 1. The van der Waals surface area contributed by atoms with E-state index in [-0.39, 0.29) is 6.04 Å². The minimum atomic E-state index is -4.23. The SMILES string of the molecule is FC(F)(F)c1ccc2c(c1)CCC2NC1CC1. The van der Waals surface area contributed by atoms with Gasteiger partial charge in [0, 0.05) is 12.1 Å². The second-order valence-corrected chi connectivity index (χ2v) is 4.94. The Balaban J connectivity index is 1.85. The molecular weight excluding hydrogens is 227 g/mol. The zero-order valence-electron chi connectivity index (χ0n) is 9.35. The molecule has 0 aromatic heterocycles. The summed E-state index contributed by atoms with van der Waals surface area (Å²) in [5.74, 6) is 0. The van der Waals surface area contributed by atoms with Gasteiger partial charge in [-0.1, -0.05) is 6.07 Å². The Kier molecular flexibility index (Phi) is 2.43. The fourth-order valence-electron chi connectivity index (χ4n) is 2.50. The van der Waals surface area contributed by atoms with Gasteiger partial charge in [-0.3, -0.25) is 0 Å². The van der Waals surface area contributed by atoms with Crippen LogP contribution < -0.4 is 5.32 Å². The molecule has 17 heavy (non-hydrogen) atoms. The number of alkyl halides is 3. The van der Waals surface area contributed by atoms with Crippen LogP contribution in [0.15, 0.2) is 18.2 Å². The van der Waals surface area contributed by atoms with Gasteiger partial charge in [0.15, 0.2) is 0 Å². The highest BCUT2D eigenvalue weighted by Gasteiger charge is 2.34. The summed E-state index contributed by atoms with van der Waals surface area (Å²) in [6.07, 6.45) is -0.146. The van der Waals surface area contributed by atoms with Crippen molar-refractivity contribution in [3.8, 4) is 0 Å². The van der Waals surface area contributed by atoms with Crippen molar-refractivity contribution >= 4 is 0 Å². The van der Waals surface area contributed by atoms with Gasteiger partial charge in [0.2, 0.25) is 0 Å². The fourth-order valence-corrected chi connectivity index (χ4v) is 2.50. The zero-order valence-corrected chi connectivity index (χ0v) is 9.35. The molecule has 1 atom stereocenters. The minimum absolute atomic E-state index is 0.264. The van der Waals surface area contributed by atoms with Crippen LogP contribution in [0.5, 0.6) is 0 Å². The molecule has 3 rings (SSSR count). The monoisotopic (exact) mass is 241 g/mol. The van der Waals surface area contributed by atoms with E-state index >= 15 is 0 Å². The van der Waals surface area contributed by atoms with E-state index in [1.807, 2.05) is 0 Å². The number of rotatable bonds is 2. The number of nitrogens with one attached hydrogen (secondary N) is 1. The second-order valence-electron chi connectivity index (χ2n) is 4.94. The van der Waals surface area contributed by atoms with Crippen molar-refractivity contribution in [2.24, 2.45) is 0 Å². The van der Waals surface area contributed by atoms with E-state index in [1.165, 1.54) is 25.0 Å². The lowest BCUT2D eigenvalue weighted by Gasteiger charge is -2.14. The largest absolute Gasteiger partial charge is 0.416 e. The number of benzene rings is 1. The van der Waals surface area contributed by atoms with E-state index < -0.39 is 11.7 Å². The normalized spacial score (nSPS) is 23.8. The van der Waals surface area contributed by atoms with Gasteiger partial charge in [0.05, 0.1) is 5.56 Å². The molecule has 2 aliphatic carbocycles. The van der Waals surface area contributed by atoms with Gasteiger partial charge in [-0.05, 0) is 48.9 Å². The van der Waals surface area contributed by atoms with Gasteiger partial charge in [0.1, 0.15) is 0 Å². The quantitative estimate of drug-likeness (QED) is 0.836. The molecule has 0 radical (unpaired) electrons. The Bertz CT molecular complexity index is 435. The second kappa shape index (κ2) is 3.73. The molecule has 1 nitrogen and oxygen atoms in total. The first-order valence-corrected chi connectivity index (χ1v) is 6.00. The van der Waals surface area contributed by atoms with Gasteiger partial charge in [-0.15, -0.1) is 0 Å². The highest BCUT2D eigenvalue weighted by atomic mass is 19.4. The number of hydrogen-bond donors (Lipinski definition) is 1. The van der Waals surface area contributed by atoms with E-state index in [1.54, 1.807) is 6.07 Å². The Morgan fingerprint density at radius 3 is 2.53 bits per heavy atom. The Morgan fingerprint density at radius 2 is 1.88 bits per heavy atom. The maximum atomic E-state index is 12.6. The highest BCUT2D eigenvalue weighted by Crippen LogP contribution is 2.38. The summed E-state index contributed by atoms with van der Waals surface area (Å²) in [6.45, 7) is 0. The van der Waals surface area contributed by atoms with Gasteiger partial charge in [-0.25, -0.2) is 0 Å². The summed E-state index contributed by atoms with van der Waals surface area (Å²) in [4.78, 5) is 0. The third kappa shape index (κ3) is 2.18. The maximum absolute atomic E-state index is 12.6. The summed E-state index contributed by atoms with van der Waals surface area (Å²) >= 11 is 0. The molecule has 0 spiro atoms. The molecule has 0 bridgehead atoms. The number of hydrogen-bond acceptors (Lipinski definition) is 1. The summed E-state index contributed by atoms with van der Waals surface area (Å²) in [6, 6.07) is 5.01. The van der Waals surface area contributed by atoms with Crippen LogP contribution in [0.1, 0.15) is 42.0 Å². The van der Waals surface area contributed by atoms with Gasteiger partial charge >= 0.3 is 6.18 Å². The Morgan fingerprint density at radius 1 is 1.12 bits per heavy atom. The van der Waals surface area contributed by atoms with Crippen molar-refractivity contribution in [3.05, 3.63) is 34.9 Å². The molecular formula is C13H14F3N. The lowest BCUT2D eigenvalue weighted by molar-refractivity contribution is -0.137. The molecule has 1 aromatic rings. The van der Waals surface area contributed by atoms with Crippen molar-refractivity contribution in [1.29, 1.82) is 0 Å². The Hall–Kier alpha value is -1.03. The molecule has 92 valence electrons. The maximum Gasteiger partial charge on any atom is 0.416 e. The van der Waals surface area contributed by atoms with Crippen molar-refractivity contribution in [2.45, 2.75) is 43.9 Å². The van der Waals surface area contributed by atoms with Crippen molar-refractivity contribution in [1.82, 2.24) is 5.32 Å². The van der Waals surface area contributed by atoms with Crippen molar-refractivity contribution < 1.29 is 13.2 Å². The van der Waals surface area contributed by atoms with Crippen LogP contribution in [0.3, 0.4) is 0 Å². The van der Waals surface area contributed by atoms with Crippen LogP contribution in [-0.4, -0.2) is 6.04 Å². The number of halogens is 3. The predicted octanol–water partition coefficient (Wildman–Crippen LogP) is 3.44. The van der Waals surface area contributed by atoms with Crippen LogP contribution in [0.2, 0.25) is 0 Å². The summed E-state index contributed by atoms with van der Waals surface area (Å²) in [7, 11) is 0.